The number of sulfonamides is 1. The third-order valence-electron chi connectivity index (χ3n) is 6.91. The normalized spacial score (nSPS) is 25.1. The maximum absolute atomic E-state index is 13.6. The summed E-state index contributed by atoms with van der Waals surface area (Å²) in [6.45, 7) is 7.88. The Morgan fingerprint density at radius 2 is 1.91 bits per heavy atom. The monoisotopic (exact) mass is 463 g/mol. The number of anilines is 1. The van der Waals surface area contributed by atoms with Gasteiger partial charge in [-0.25, -0.2) is 8.42 Å². The van der Waals surface area contributed by atoms with Crippen LogP contribution < -0.4 is 10.1 Å². The van der Waals surface area contributed by atoms with Crippen LogP contribution in [0.4, 0.5) is 5.69 Å². The summed E-state index contributed by atoms with van der Waals surface area (Å²) < 4.78 is 34.3. The number of nitrogens with one attached hydrogen (secondary N) is 1. The van der Waals surface area contributed by atoms with E-state index in [1.165, 1.54) is 10.4 Å². The number of piperidine rings is 2. The molecule has 2 fully saturated rings. The molecule has 2 amide bonds. The van der Waals surface area contributed by atoms with Gasteiger partial charge < -0.3 is 15.0 Å². The summed E-state index contributed by atoms with van der Waals surface area (Å²) >= 11 is 0. The first-order valence-electron chi connectivity index (χ1n) is 11.6. The Kier molecular flexibility index (Phi) is 6.49. The Bertz CT molecular complexity index is 1000. The summed E-state index contributed by atoms with van der Waals surface area (Å²) in [6, 6.07) is 3.16. The smallest absolute Gasteiger partial charge is 0.265 e. The minimum absolute atomic E-state index is 0.0794. The predicted molar refractivity (Wildman–Crippen MR) is 121 cm³/mol. The van der Waals surface area contributed by atoms with Crippen molar-refractivity contribution in [1.29, 1.82) is 0 Å². The molecule has 3 aliphatic heterocycles. The third-order valence-corrected chi connectivity index (χ3v) is 8.92. The summed E-state index contributed by atoms with van der Waals surface area (Å²) in [7, 11) is -3.80. The molecule has 0 aromatic heterocycles. The van der Waals surface area contributed by atoms with Gasteiger partial charge in [0, 0.05) is 32.2 Å². The van der Waals surface area contributed by atoms with Crippen molar-refractivity contribution in [3.8, 4) is 5.75 Å². The number of hydrogen-bond donors (Lipinski definition) is 1. The van der Waals surface area contributed by atoms with Crippen molar-refractivity contribution < 1.29 is 22.7 Å². The standard InChI is InChI=1S/C23H33N3O5S/c1-4-19-22(27)24-18-12-16(3)21(13-20(18)31-19)32(29,30)26-9-5-6-17(14-26)23(28)25-10-7-15(2)8-11-25/h12-13,15,17,19H,4-11,14H2,1-3H3,(H,24,27)/t17-,19-/m1/s1. The molecule has 32 heavy (non-hydrogen) atoms. The molecule has 1 N–H and O–H groups in total. The molecule has 176 valence electrons. The lowest BCUT2D eigenvalue weighted by atomic mass is 9.94. The topological polar surface area (TPSA) is 96.0 Å². The summed E-state index contributed by atoms with van der Waals surface area (Å²) in [5, 5.41) is 2.80. The second-order valence-corrected chi connectivity index (χ2v) is 11.2. The summed E-state index contributed by atoms with van der Waals surface area (Å²) in [6.07, 6.45) is 3.24. The number of benzene rings is 1. The van der Waals surface area contributed by atoms with Crippen LogP contribution in [0.2, 0.25) is 0 Å². The van der Waals surface area contributed by atoms with Gasteiger partial charge in [-0.05, 0) is 56.6 Å². The highest BCUT2D eigenvalue weighted by molar-refractivity contribution is 7.89. The first-order chi connectivity index (χ1) is 15.2. The molecule has 0 spiro atoms. The molecular formula is C23H33N3O5S. The molecule has 0 aliphatic carbocycles. The number of aryl methyl sites for hydroxylation is 1. The van der Waals surface area contributed by atoms with Crippen LogP contribution in [0, 0.1) is 18.8 Å². The predicted octanol–water partition coefficient (Wildman–Crippen LogP) is 2.76. The van der Waals surface area contributed by atoms with E-state index in [0.29, 0.717) is 48.7 Å². The third kappa shape index (κ3) is 4.37. The van der Waals surface area contributed by atoms with Crippen LogP contribution in [0.15, 0.2) is 17.0 Å². The average Bonchev–Trinajstić information content (AvgIpc) is 2.78. The molecule has 1 aromatic carbocycles. The molecule has 2 saturated heterocycles. The van der Waals surface area contributed by atoms with E-state index in [2.05, 4.69) is 12.2 Å². The minimum Gasteiger partial charge on any atom is -0.478 e. The zero-order valence-electron chi connectivity index (χ0n) is 19.1. The van der Waals surface area contributed by atoms with E-state index in [0.717, 1.165) is 25.9 Å². The number of fused-ring (bicyclic) bond motifs is 1. The zero-order chi connectivity index (χ0) is 23.0. The van der Waals surface area contributed by atoms with Crippen LogP contribution >= 0.6 is 0 Å². The quantitative estimate of drug-likeness (QED) is 0.741. The summed E-state index contributed by atoms with van der Waals surface area (Å²) in [4.78, 5) is 27.2. The molecule has 0 radical (unpaired) electrons. The van der Waals surface area contributed by atoms with Gasteiger partial charge in [0.05, 0.1) is 16.5 Å². The number of rotatable bonds is 4. The fourth-order valence-corrected chi connectivity index (χ4v) is 6.57. The lowest BCUT2D eigenvalue weighted by Gasteiger charge is -2.37. The number of nitrogens with zero attached hydrogens (tertiary/aromatic N) is 2. The maximum Gasteiger partial charge on any atom is 0.265 e. The highest BCUT2D eigenvalue weighted by Gasteiger charge is 2.37. The second-order valence-electron chi connectivity index (χ2n) is 9.33. The van der Waals surface area contributed by atoms with Crippen molar-refractivity contribution in [3.63, 3.8) is 0 Å². The molecule has 2 atom stereocenters. The number of amides is 2. The first kappa shape index (κ1) is 23.0. The Morgan fingerprint density at radius 3 is 2.59 bits per heavy atom. The van der Waals surface area contributed by atoms with Gasteiger partial charge in [-0.15, -0.1) is 0 Å². The zero-order valence-corrected chi connectivity index (χ0v) is 19.9. The van der Waals surface area contributed by atoms with Gasteiger partial charge in [-0.3, -0.25) is 9.59 Å². The van der Waals surface area contributed by atoms with Gasteiger partial charge in [-0.1, -0.05) is 13.8 Å². The molecular weight excluding hydrogens is 430 g/mol. The number of carbonyl (C=O) groups excluding carboxylic acids is 2. The number of likely N-dealkylation sites (tertiary alicyclic amines) is 1. The Balaban J connectivity index is 1.54. The fraction of sp³-hybridized carbons (Fsp3) is 0.652. The van der Waals surface area contributed by atoms with Gasteiger partial charge in [0.25, 0.3) is 5.91 Å². The van der Waals surface area contributed by atoms with Gasteiger partial charge in [0.2, 0.25) is 15.9 Å². The SMILES string of the molecule is CC[C@H]1Oc2cc(S(=O)(=O)N3CCC[C@@H](C(=O)N4CCC(C)CC4)C3)c(C)cc2NC1=O. The highest BCUT2D eigenvalue weighted by Crippen LogP contribution is 2.37. The largest absolute Gasteiger partial charge is 0.478 e. The highest BCUT2D eigenvalue weighted by atomic mass is 32.2. The lowest BCUT2D eigenvalue weighted by Crippen LogP contribution is -2.48. The van der Waals surface area contributed by atoms with E-state index in [1.807, 2.05) is 11.8 Å². The van der Waals surface area contributed by atoms with Crippen molar-refractivity contribution in [1.82, 2.24) is 9.21 Å². The minimum atomic E-state index is -3.80. The van der Waals surface area contributed by atoms with E-state index in [1.54, 1.807) is 13.0 Å². The Morgan fingerprint density at radius 1 is 1.19 bits per heavy atom. The average molecular weight is 464 g/mol. The van der Waals surface area contributed by atoms with Crippen molar-refractivity contribution in [2.24, 2.45) is 11.8 Å². The molecule has 3 aliphatic rings. The van der Waals surface area contributed by atoms with E-state index < -0.39 is 16.1 Å². The van der Waals surface area contributed by atoms with Gasteiger partial charge in [0.15, 0.2) is 6.10 Å². The van der Waals surface area contributed by atoms with Crippen LogP contribution in [0.5, 0.6) is 5.75 Å². The fourth-order valence-electron chi connectivity index (χ4n) is 4.82. The molecule has 0 unspecified atom stereocenters. The number of ether oxygens (including phenoxy) is 1. The van der Waals surface area contributed by atoms with Crippen molar-refractivity contribution in [2.45, 2.75) is 63.9 Å². The maximum atomic E-state index is 13.6. The lowest BCUT2D eigenvalue weighted by molar-refractivity contribution is -0.138. The van der Waals surface area contributed by atoms with Crippen molar-refractivity contribution in [3.05, 3.63) is 17.7 Å². The van der Waals surface area contributed by atoms with Gasteiger partial charge in [0.1, 0.15) is 5.75 Å². The molecule has 3 heterocycles. The second kappa shape index (κ2) is 9.02. The number of carbonyl (C=O) groups is 2. The first-order valence-corrected chi connectivity index (χ1v) is 13.1. The van der Waals surface area contributed by atoms with E-state index in [4.69, 9.17) is 4.74 Å². The molecule has 4 rings (SSSR count). The van der Waals surface area contributed by atoms with Crippen LogP contribution in [0.3, 0.4) is 0 Å². The van der Waals surface area contributed by atoms with Gasteiger partial charge >= 0.3 is 0 Å². The van der Waals surface area contributed by atoms with Gasteiger partial charge in [-0.2, -0.15) is 4.31 Å². The van der Waals surface area contributed by atoms with Crippen LogP contribution in [0.25, 0.3) is 0 Å². The Labute approximate surface area is 190 Å². The van der Waals surface area contributed by atoms with E-state index in [-0.39, 0.29) is 29.2 Å². The van der Waals surface area contributed by atoms with Crippen LogP contribution in [-0.2, 0) is 19.6 Å². The Hall–Kier alpha value is -2.13. The van der Waals surface area contributed by atoms with E-state index >= 15 is 0 Å². The van der Waals surface area contributed by atoms with E-state index in [9.17, 15) is 18.0 Å². The molecule has 1 aromatic rings. The molecule has 9 heteroatoms. The van der Waals surface area contributed by atoms with Crippen molar-refractivity contribution in [2.75, 3.05) is 31.5 Å². The molecule has 8 nitrogen and oxygen atoms in total. The molecule has 0 saturated carbocycles. The molecule has 0 bridgehead atoms. The van der Waals surface area contributed by atoms with Crippen LogP contribution in [-0.4, -0.2) is 61.7 Å². The van der Waals surface area contributed by atoms with Crippen molar-refractivity contribution >= 4 is 27.5 Å². The summed E-state index contributed by atoms with van der Waals surface area (Å²) in [5.41, 5.74) is 1.03. The van der Waals surface area contributed by atoms with Crippen LogP contribution in [0.1, 0.15) is 51.5 Å². The number of hydrogen-bond acceptors (Lipinski definition) is 5. The summed E-state index contributed by atoms with van der Waals surface area (Å²) in [5.74, 6) is 0.557.